The molecule has 0 atom stereocenters. The zero-order chi connectivity index (χ0) is 22.9. The van der Waals surface area contributed by atoms with E-state index in [1.165, 1.54) is 0 Å². The summed E-state index contributed by atoms with van der Waals surface area (Å²) in [4.78, 5) is 31.3. The van der Waals surface area contributed by atoms with Crippen molar-refractivity contribution in [3.63, 3.8) is 0 Å². The number of hydrogen-bond donors (Lipinski definition) is 0. The van der Waals surface area contributed by atoms with E-state index in [2.05, 4.69) is 46.2 Å². The van der Waals surface area contributed by atoms with Gasteiger partial charge in [-0.05, 0) is 36.4 Å². The predicted molar refractivity (Wildman–Crippen MR) is 136 cm³/mol. The van der Waals surface area contributed by atoms with Crippen molar-refractivity contribution in [3.8, 4) is 0 Å². The maximum atomic E-state index is 13.2. The average Bonchev–Trinajstić information content (AvgIpc) is 2.92. The first kappa shape index (κ1) is 20.7. The molecule has 4 aromatic rings. The number of fused-ring (bicyclic) bond motifs is 2. The Morgan fingerprint density at radius 3 is 1.38 bits per heavy atom. The maximum Gasteiger partial charge on any atom is 0.320 e. The van der Waals surface area contributed by atoms with E-state index in [9.17, 15) is 4.79 Å². The van der Waals surface area contributed by atoms with E-state index in [1.54, 1.807) is 0 Å². The minimum absolute atomic E-state index is 0.150. The largest absolute Gasteiger partial charge is 0.353 e. The number of pyridine rings is 2. The Labute approximate surface area is 199 Å². The van der Waals surface area contributed by atoms with Crippen LogP contribution in [0.4, 0.5) is 16.4 Å². The molecule has 172 valence electrons. The number of urea groups is 1. The van der Waals surface area contributed by atoms with Crippen LogP contribution < -0.4 is 9.80 Å². The number of piperazine rings is 2. The van der Waals surface area contributed by atoms with Crippen molar-refractivity contribution in [3.05, 3.63) is 72.8 Å². The van der Waals surface area contributed by atoms with Crippen LogP contribution in [0.1, 0.15) is 0 Å². The quantitative estimate of drug-likeness (QED) is 0.463. The van der Waals surface area contributed by atoms with E-state index < -0.39 is 0 Å². The number of carbonyl (C=O) groups is 1. The normalized spacial score (nSPS) is 16.9. The second kappa shape index (κ2) is 8.82. The van der Waals surface area contributed by atoms with Crippen LogP contribution in [0, 0.1) is 0 Å². The number of rotatable bonds is 2. The highest BCUT2D eigenvalue weighted by Gasteiger charge is 2.28. The van der Waals surface area contributed by atoms with E-state index in [4.69, 9.17) is 9.97 Å². The number of benzene rings is 2. The number of aromatic nitrogens is 2. The molecular formula is C27H28N6O. The Morgan fingerprint density at radius 1 is 0.529 bits per heavy atom. The third kappa shape index (κ3) is 3.98. The summed E-state index contributed by atoms with van der Waals surface area (Å²) >= 11 is 0. The van der Waals surface area contributed by atoms with E-state index in [0.717, 1.165) is 85.8 Å². The molecule has 2 aliphatic heterocycles. The van der Waals surface area contributed by atoms with Gasteiger partial charge < -0.3 is 19.6 Å². The summed E-state index contributed by atoms with van der Waals surface area (Å²) in [5, 5.41) is 2.30. The van der Waals surface area contributed by atoms with Crippen LogP contribution in [0.5, 0.6) is 0 Å². The Balaban J connectivity index is 1.05. The minimum atomic E-state index is 0.150. The third-order valence-electron chi connectivity index (χ3n) is 6.92. The molecule has 7 heteroatoms. The fraction of sp³-hybridized carbons (Fsp3) is 0.296. The molecular weight excluding hydrogens is 424 g/mol. The zero-order valence-electron chi connectivity index (χ0n) is 19.2. The standard InChI is InChI=1S/C27H28N6O/c34-27(32-17-13-30(14-18-32)25-11-9-21-5-1-3-7-23(21)28-25)33-19-15-31(16-20-33)26-12-10-22-6-2-4-8-24(22)29-26/h1-12H,13-20H2. The van der Waals surface area contributed by atoms with Gasteiger partial charge in [-0.15, -0.1) is 0 Å². The van der Waals surface area contributed by atoms with Crippen molar-refractivity contribution < 1.29 is 4.79 Å². The van der Waals surface area contributed by atoms with Gasteiger partial charge in [-0.3, -0.25) is 0 Å². The molecule has 2 aromatic heterocycles. The Hall–Kier alpha value is -3.87. The monoisotopic (exact) mass is 452 g/mol. The van der Waals surface area contributed by atoms with Crippen LogP contribution in [0.2, 0.25) is 0 Å². The first-order valence-corrected chi connectivity index (χ1v) is 12.0. The molecule has 0 spiro atoms. The van der Waals surface area contributed by atoms with Crippen LogP contribution in [0.25, 0.3) is 21.8 Å². The molecule has 0 bridgehead atoms. The fourth-order valence-corrected chi connectivity index (χ4v) is 4.92. The van der Waals surface area contributed by atoms with Crippen molar-refractivity contribution in [2.75, 3.05) is 62.2 Å². The molecule has 6 rings (SSSR count). The lowest BCUT2D eigenvalue weighted by Gasteiger charge is -2.41. The SMILES string of the molecule is O=C(N1CCN(c2ccc3ccccc3n2)CC1)N1CCN(c2ccc3ccccc3n2)CC1. The van der Waals surface area contributed by atoms with Gasteiger partial charge in [0, 0.05) is 63.1 Å². The highest BCUT2D eigenvalue weighted by molar-refractivity contribution is 5.81. The van der Waals surface area contributed by atoms with Gasteiger partial charge in [-0.2, -0.15) is 0 Å². The Bertz CT molecular complexity index is 1220. The molecule has 34 heavy (non-hydrogen) atoms. The Kier molecular flexibility index (Phi) is 5.37. The molecule has 2 amide bonds. The molecule has 2 aliphatic rings. The minimum Gasteiger partial charge on any atom is -0.353 e. The van der Waals surface area contributed by atoms with Gasteiger partial charge in [0.1, 0.15) is 11.6 Å². The van der Waals surface area contributed by atoms with Gasteiger partial charge >= 0.3 is 6.03 Å². The van der Waals surface area contributed by atoms with E-state index in [-0.39, 0.29) is 6.03 Å². The third-order valence-corrected chi connectivity index (χ3v) is 6.92. The molecule has 0 radical (unpaired) electrons. The summed E-state index contributed by atoms with van der Waals surface area (Å²) in [7, 11) is 0. The van der Waals surface area contributed by atoms with Gasteiger partial charge in [0.25, 0.3) is 0 Å². The molecule has 0 saturated carbocycles. The van der Waals surface area contributed by atoms with Crippen LogP contribution in [-0.4, -0.2) is 78.2 Å². The predicted octanol–water partition coefficient (Wildman–Crippen LogP) is 3.85. The summed E-state index contributed by atoms with van der Waals surface area (Å²) in [6, 6.07) is 24.9. The maximum absolute atomic E-state index is 13.2. The second-order valence-electron chi connectivity index (χ2n) is 8.96. The number of para-hydroxylation sites is 2. The number of amides is 2. The van der Waals surface area contributed by atoms with Gasteiger partial charge in [0.2, 0.25) is 0 Å². The van der Waals surface area contributed by atoms with Gasteiger partial charge in [-0.1, -0.05) is 36.4 Å². The number of hydrogen-bond acceptors (Lipinski definition) is 5. The molecule has 4 heterocycles. The Morgan fingerprint density at radius 2 is 0.941 bits per heavy atom. The second-order valence-corrected chi connectivity index (χ2v) is 8.96. The molecule has 2 saturated heterocycles. The first-order valence-electron chi connectivity index (χ1n) is 12.0. The molecule has 7 nitrogen and oxygen atoms in total. The lowest BCUT2D eigenvalue weighted by molar-refractivity contribution is 0.147. The van der Waals surface area contributed by atoms with Crippen molar-refractivity contribution in [2.24, 2.45) is 0 Å². The average molecular weight is 453 g/mol. The summed E-state index contributed by atoms with van der Waals surface area (Å²) in [5.74, 6) is 1.98. The highest BCUT2D eigenvalue weighted by atomic mass is 16.2. The smallest absolute Gasteiger partial charge is 0.320 e. The summed E-state index contributed by atoms with van der Waals surface area (Å²) in [6.07, 6.45) is 0. The number of carbonyl (C=O) groups excluding carboxylic acids is 1. The van der Waals surface area contributed by atoms with Crippen LogP contribution in [0.3, 0.4) is 0 Å². The molecule has 2 aromatic carbocycles. The molecule has 0 N–H and O–H groups in total. The summed E-state index contributed by atoms with van der Waals surface area (Å²) in [6.45, 7) is 6.10. The lowest BCUT2D eigenvalue weighted by atomic mass is 10.2. The van der Waals surface area contributed by atoms with Crippen molar-refractivity contribution in [1.29, 1.82) is 0 Å². The summed E-state index contributed by atoms with van der Waals surface area (Å²) in [5.41, 5.74) is 2.02. The van der Waals surface area contributed by atoms with Gasteiger partial charge in [-0.25, -0.2) is 14.8 Å². The van der Waals surface area contributed by atoms with Crippen molar-refractivity contribution in [2.45, 2.75) is 0 Å². The van der Waals surface area contributed by atoms with Crippen LogP contribution in [0.15, 0.2) is 72.8 Å². The van der Waals surface area contributed by atoms with Crippen LogP contribution in [-0.2, 0) is 0 Å². The van der Waals surface area contributed by atoms with Crippen molar-refractivity contribution in [1.82, 2.24) is 19.8 Å². The number of anilines is 2. The molecule has 0 aliphatic carbocycles. The highest BCUT2D eigenvalue weighted by Crippen LogP contribution is 2.21. The van der Waals surface area contributed by atoms with E-state index in [0.29, 0.717) is 0 Å². The first-order chi connectivity index (χ1) is 16.7. The zero-order valence-corrected chi connectivity index (χ0v) is 19.2. The number of nitrogens with zero attached hydrogens (tertiary/aromatic N) is 6. The molecule has 2 fully saturated rings. The van der Waals surface area contributed by atoms with Crippen LogP contribution >= 0.6 is 0 Å². The summed E-state index contributed by atoms with van der Waals surface area (Å²) < 4.78 is 0. The topological polar surface area (TPSA) is 55.8 Å². The van der Waals surface area contributed by atoms with Crippen molar-refractivity contribution >= 4 is 39.5 Å². The molecule has 0 unspecified atom stereocenters. The van der Waals surface area contributed by atoms with Gasteiger partial charge in [0.05, 0.1) is 11.0 Å². The lowest BCUT2D eigenvalue weighted by Crippen LogP contribution is -2.57. The fourth-order valence-electron chi connectivity index (χ4n) is 4.92. The van der Waals surface area contributed by atoms with Gasteiger partial charge in [0.15, 0.2) is 0 Å². The van der Waals surface area contributed by atoms with E-state index >= 15 is 0 Å². The van der Waals surface area contributed by atoms with E-state index in [1.807, 2.05) is 46.2 Å².